The molecule has 6 heteroatoms. The lowest BCUT2D eigenvalue weighted by atomic mass is 9.62. The summed E-state index contributed by atoms with van der Waals surface area (Å²) in [5.41, 5.74) is 1.06. The third kappa shape index (κ3) is 6.43. The zero-order chi connectivity index (χ0) is 23.8. The molecule has 0 spiro atoms. The van der Waals surface area contributed by atoms with Gasteiger partial charge < -0.3 is 28.8 Å². The summed E-state index contributed by atoms with van der Waals surface area (Å²) >= 11 is 0. The summed E-state index contributed by atoms with van der Waals surface area (Å²) in [7, 11) is 6.79. The summed E-state index contributed by atoms with van der Waals surface area (Å²) in [5, 5.41) is 11.0. The van der Waals surface area contributed by atoms with Crippen LogP contribution >= 0.6 is 0 Å². The Morgan fingerprint density at radius 3 is 2.19 bits per heavy atom. The van der Waals surface area contributed by atoms with E-state index in [0.717, 1.165) is 18.4 Å². The molecular formula is C26H46O6. The monoisotopic (exact) mass is 454 g/mol. The lowest BCUT2D eigenvalue weighted by Gasteiger charge is -2.46. The number of aliphatic hydroxyl groups is 1. The Bertz CT molecular complexity index is 601. The molecule has 2 rings (SSSR count). The van der Waals surface area contributed by atoms with Crippen molar-refractivity contribution in [3.63, 3.8) is 0 Å². The van der Waals surface area contributed by atoms with Crippen molar-refractivity contribution in [3.8, 4) is 0 Å². The van der Waals surface area contributed by atoms with Gasteiger partial charge in [-0.05, 0) is 49.5 Å². The standard InChI is InChI=1S/C26H46O6/c1-9-21(28-5)18(4)19-13-14-20(19)24(27)16(2)11-10-12-17(3)25-22(29-6)15-23(30-7)26(31-8)32-25/h10-12,16,18-27H,9,13-15H2,1-8H3/b11-10+,17-12+/t16-,18-,19+,20-,21-,22+,23+,24+,25+,26+/m0/s1. The van der Waals surface area contributed by atoms with E-state index < -0.39 is 6.29 Å². The van der Waals surface area contributed by atoms with Gasteiger partial charge in [-0.3, -0.25) is 0 Å². The number of rotatable bonds is 12. The fourth-order valence-corrected chi connectivity index (χ4v) is 5.46. The molecule has 0 aromatic rings. The van der Waals surface area contributed by atoms with Gasteiger partial charge in [0.25, 0.3) is 0 Å². The number of hydrogen-bond donors (Lipinski definition) is 1. The van der Waals surface area contributed by atoms with E-state index in [4.69, 9.17) is 23.7 Å². The lowest BCUT2D eigenvalue weighted by molar-refractivity contribution is -0.256. The first-order valence-corrected chi connectivity index (χ1v) is 12.1. The average molecular weight is 455 g/mol. The van der Waals surface area contributed by atoms with Gasteiger partial charge in [0.2, 0.25) is 0 Å². The molecular weight excluding hydrogens is 408 g/mol. The van der Waals surface area contributed by atoms with Gasteiger partial charge in [0.05, 0.1) is 18.3 Å². The molecule has 1 aliphatic heterocycles. The van der Waals surface area contributed by atoms with Crippen LogP contribution in [0.15, 0.2) is 23.8 Å². The third-order valence-corrected chi connectivity index (χ3v) is 7.77. The predicted molar refractivity (Wildman–Crippen MR) is 126 cm³/mol. The molecule has 0 amide bonds. The minimum atomic E-state index is -0.416. The SMILES string of the molecule is CC[C@H](OC)[C@@H](C)[C@H]1CC[C@@H]1[C@H](O)[C@@H](C)/C=C/C=C(\C)[C@H]1O[C@@H](OC)[C@H](OC)C[C@H]1OC. The Morgan fingerprint density at radius 1 is 1.03 bits per heavy atom. The quantitative estimate of drug-likeness (QED) is 0.442. The smallest absolute Gasteiger partial charge is 0.184 e. The van der Waals surface area contributed by atoms with E-state index in [-0.39, 0.29) is 36.4 Å². The Hall–Kier alpha value is -0.760. The largest absolute Gasteiger partial charge is 0.392 e. The summed E-state index contributed by atoms with van der Waals surface area (Å²) in [6.45, 7) is 8.58. The third-order valence-electron chi connectivity index (χ3n) is 7.77. The average Bonchev–Trinajstić information content (AvgIpc) is 2.77. The molecule has 186 valence electrons. The molecule has 1 N–H and O–H groups in total. The number of methoxy groups -OCH3 is 4. The van der Waals surface area contributed by atoms with Crippen LogP contribution in [0.5, 0.6) is 0 Å². The highest BCUT2D eigenvalue weighted by atomic mass is 16.7. The van der Waals surface area contributed by atoms with Crippen molar-refractivity contribution < 1.29 is 28.8 Å². The first kappa shape index (κ1) is 27.5. The molecule has 0 aromatic carbocycles. The molecule has 0 bridgehead atoms. The maximum atomic E-state index is 11.0. The lowest BCUT2D eigenvalue weighted by Crippen LogP contribution is -2.49. The predicted octanol–water partition coefficient (Wildman–Crippen LogP) is 4.36. The van der Waals surface area contributed by atoms with E-state index in [0.29, 0.717) is 24.2 Å². The first-order chi connectivity index (χ1) is 15.3. The van der Waals surface area contributed by atoms with Crippen molar-refractivity contribution in [1.82, 2.24) is 0 Å². The van der Waals surface area contributed by atoms with Gasteiger partial charge in [0.1, 0.15) is 12.2 Å². The van der Waals surface area contributed by atoms with Gasteiger partial charge in [-0.1, -0.05) is 39.0 Å². The van der Waals surface area contributed by atoms with Crippen molar-refractivity contribution in [2.45, 2.75) is 90.2 Å². The van der Waals surface area contributed by atoms with Gasteiger partial charge in [0.15, 0.2) is 6.29 Å². The number of aliphatic hydroxyl groups excluding tert-OH is 1. The molecule has 2 aliphatic rings. The summed E-state index contributed by atoms with van der Waals surface area (Å²) in [4.78, 5) is 0. The zero-order valence-corrected chi connectivity index (χ0v) is 21.3. The summed E-state index contributed by atoms with van der Waals surface area (Å²) in [6, 6.07) is 0. The number of hydrogen-bond acceptors (Lipinski definition) is 6. The van der Waals surface area contributed by atoms with Crippen LogP contribution < -0.4 is 0 Å². The van der Waals surface area contributed by atoms with Crippen molar-refractivity contribution in [2.75, 3.05) is 28.4 Å². The maximum Gasteiger partial charge on any atom is 0.184 e. The molecule has 10 atom stereocenters. The second kappa shape index (κ2) is 13.2. The molecule has 2 fully saturated rings. The van der Waals surface area contributed by atoms with Crippen LogP contribution in [0.1, 0.15) is 53.4 Å². The fourth-order valence-electron chi connectivity index (χ4n) is 5.46. The topological polar surface area (TPSA) is 66.4 Å². The van der Waals surface area contributed by atoms with Crippen molar-refractivity contribution in [3.05, 3.63) is 23.8 Å². The summed E-state index contributed by atoms with van der Waals surface area (Å²) < 4.78 is 28.4. The highest BCUT2D eigenvalue weighted by molar-refractivity contribution is 5.18. The van der Waals surface area contributed by atoms with E-state index in [2.05, 4.69) is 32.9 Å². The molecule has 1 aliphatic carbocycles. The molecule has 0 aromatic heterocycles. The summed E-state index contributed by atoms with van der Waals surface area (Å²) in [6.07, 6.45) is 9.25. The van der Waals surface area contributed by atoms with Crippen LogP contribution in [0.3, 0.4) is 0 Å². The van der Waals surface area contributed by atoms with Crippen LogP contribution in [0.4, 0.5) is 0 Å². The molecule has 1 saturated heterocycles. The molecule has 0 radical (unpaired) electrons. The Balaban J connectivity index is 1.98. The minimum Gasteiger partial charge on any atom is -0.392 e. The second-order valence-electron chi connectivity index (χ2n) is 9.54. The Morgan fingerprint density at radius 2 is 1.69 bits per heavy atom. The van der Waals surface area contributed by atoms with Crippen LogP contribution in [0, 0.1) is 23.7 Å². The second-order valence-corrected chi connectivity index (χ2v) is 9.54. The normalized spacial score (nSPS) is 35.3. The maximum absolute atomic E-state index is 11.0. The van der Waals surface area contributed by atoms with Crippen LogP contribution in [-0.2, 0) is 23.7 Å². The highest BCUT2D eigenvalue weighted by Gasteiger charge is 2.42. The van der Waals surface area contributed by atoms with Crippen molar-refractivity contribution in [1.29, 1.82) is 0 Å². The van der Waals surface area contributed by atoms with Gasteiger partial charge >= 0.3 is 0 Å². The van der Waals surface area contributed by atoms with Crippen LogP contribution in [-0.4, -0.2) is 70.4 Å². The van der Waals surface area contributed by atoms with Gasteiger partial charge in [-0.2, -0.15) is 0 Å². The highest BCUT2D eigenvalue weighted by Crippen LogP contribution is 2.45. The fraction of sp³-hybridized carbons (Fsp3) is 0.846. The summed E-state index contributed by atoms with van der Waals surface area (Å²) in [5.74, 6) is 1.42. The Labute approximate surface area is 195 Å². The van der Waals surface area contributed by atoms with Gasteiger partial charge in [-0.25, -0.2) is 0 Å². The minimum absolute atomic E-state index is 0.0803. The molecule has 6 nitrogen and oxygen atoms in total. The van der Waals surface area contributed by atoms with Gasteiger partial charge in [-0.15, -0.1) is 0 Å². The number of ether oxygens (including phenoxy) is 5. The van der Waals surface area contributed by atoms with E-state index in [1.165, 1.54) is 6.42 Å². The van der Waals surface area contributed by atoms with Gasteiger partial charge in [0, 0.05) is 40.8 Å². The van der Waals surface area contributed by atoms with Crippen molar-refractivity contribution >= 4 is 0 Å². The van der Waals surface area contributed by atoms with E-state index >= 15 is 0 Å². The van der Waals surface area contributed by atoms with E-state index in [9.17, 15) is 5.11 Å². The molecule has 32 heavy (non-hydrogen) atoms. The van der Waals surface area contributed by atoms with E-state index in [1.54, 1.807) is 28.4 Å². The van der Waals surface area contributed by atoms with Crippen molar-refractivity contribution in [2.24, 2.45) is 23.7 Å². The van der Waals surface area contributed by atoms with Crippen LogP contribution in [0.25, 0.3) is 0 Å². The number of allylic oxidation sites excluding steroid dienone is 2. The zero-order valence-electron chi connectivity index (χ0n) is 21.3. The van der Waals surface area contributed by atoms with E-state index in [1.807, 2.05) is 13.0 Å². The first-order valence-electron chi connectivity index (χ1n) is 12.1. The molecule has 0 unspecified atom stereocenters. The van der Waals surface area contributed by atoms with Crippen LogP contribution in [0.2, 0.25) is 0 Å². The molecule has 1 heterocycles. The molecule has 1 saturated carbocycles. The Kier molecular flexibility index (Phi) is 11.3.